The van der Waals surface area contributed by atoms with E-state index in [0.717, 1.165) is 0 Å². The maximum absolute atomic E-state index is 12.9. The van der Waals surface area contributed by atoms with Crippen molar-refractivity contribution in [1.82, 2.24) is 14.8 Å². The van der Waals surface area contributed by atoms with E-state index < -0.39 is 5.60 Å². The molecule has 3 rings (SSSR count). The third kappa shape index (κ3) is 5.05. The lowest BCUT2D eigenvalue weighted by atomic mass is 10.0. The number of hydrogen-bond donors (Lipinski definition) is 0. The van der Waals surface area contributed by atoms with Crippen LogP contribution >= 0.6 is 0 Å². The minimum atomic E-state index is -0.588. The molecule has 8 heteroatoms. The van der Waals surface area contributed by atoms with Crippen molar-refractivity contribution in [2.75, 3.05) is 26.3 Å². The van der Waals surface area contributed by atoms with Crippen molar-refractivity contribution >= 4 is 12.0 Å². The Labute approximate surface area is 165 Å². The average molecular weight is 391 g/mol. The zero-order valence-electron chi connectivity index (χ0n) is 17.1. The quantitative estimate of drug-likeness (QED) is 0.788. The molecule has 3 heterocycles. The summed E-state index contributed by atoms with van der Waals surface area (Å²) in [5.74, 6) is 1.33. The molecule has 2 aliphatic heterocycles. The van der Waals surface area contributed by atoms with Gasteiger partial charge in [-0.05, 0) is 33.6 Å². The van der Waals surface area contributed by atoms with Crippen LogP contribution in [0, 0.1) is 0 Å². The van der Waals surface area contributed by atoms with Crippen LogP contribution in [0.3, 0.4) is 0 Å². The molecular weight excluding hydrogens is 362 g/mol. The number of likely N-dealkylation sites (tertiary alicyclic amines) is 1. The lowest BCUT2D eigenvalue weighted by Gasteiger charge is -2.38. The van der Waals surface area contributed by atoms with Crippen molar-refractivity contribution in [2.24, 2.45) is 0 Å². The molecule has 2 amide bonds. The first-order valence-corrected chi connectivity index (χ1v) is 9.72. The van der Waals surface area contributed by atoms with Gasteiger partial charge in [-0.2, -0.15) is 0 Å². The van der Waals surface area contributed by atoms with Crippen LogP contribution in [0.25, 0.3) is 0 Å². The number of nitrogens with zero attached hydrogens (tertiary/aromatic N) is 3. The van der Waals surface area contributed by atoms with Gasteiger partial charge >= 0.3 is 6.09 Å². The standard InChI is InChI=1S/C20H29N3O5/c1-14(24)22-7-5-16(6-8-22)23(19(25)28-20(2,3)4)13-15-11-17-18(12-21-15)27-10-9-26-17/h11-12,16H,5-10,13H2,1-4H3. The van der Waals surface area contributed by atoms with Gasteiger partial charge in [0.2, 0.25) is 5.91 Å². The summed E-state index contributed by atoms with van der Waals surface area (Å²) in [5.41, 5.74) is 0.124. The van der Waals surface area contributed by atoms with Crippen molar-refractivity contribution < 1.29 is 23.8 Å². The molecule has 8 nitrogen and oxygen atoms in total. The van der Waals surface area contributed by atoms with E-state index in [-0.39, 0.29) is 18.0 Å². The molecule has 0 atom stereocenters. The molecule has 0 aromatic carbocycles. The van der Waals surface area contributed by atoms with Crippen LogP contribution in [0.1, 0.15) is 46.2 Å². The number of pyridine rings is 1. The van der Waals surface area contributed by atoms with Gasteiger partial charge < -0.3 is 19.1 Å². The van der Waals surface area contributed by atoms with E-state index in [1.165, 1.54) is 0 Å². The predicted octanol–water partition coefficient (Wildman–Crippen LogP) is 2.60. The molecule has 0 aliphatic carbocycles. The number of ether oxygens (including phenoxy) is 3. The van der Waals surface area contributed by atoms with Gasteiger partial charge in [0.05, 0.1) is 18.4 Å². The van der Waals surface area contributed by atoms with Crippen LogP contribution in [-0.2, 0) is 16.1 Å². The van der Waals surface area contributed by atoms with E-state index >= 15 is 0 Å². The molecule has 154 valence electrons. The molecule has 0 spiro atoms. The summed E-state index contributed by atoms with van der Waals surface area (Å²) >= 11 is 0. The summed E-state index contributed by atoms with van der Waals surface area (Å²) in [6, 6.07) is 1.80. The van der Waals surface area contributed by atoms with Crippen molar-refractivity contribution in [3.05, 3.63) is 18.0 Å². The number of aromatic nitrogens is 1. The van der Waals surface area contributed by atoms with Gasteiger partial charge in [-0.3, -0.25) is 14.7 Å². The number of fused-ring (bicyclic) bond motifs is 1. The highest BCUT2D eigenvalue weighted by Crippen LogP contribution is 2.30. The molecule has 2 aliphatic rings. The first-order valence-electron chi connectivity index (χ1n) is 9.72. The summed E-state index contributed by atoms with van der Waals surface area (Å²) in [5, 5.41) is 0. The maximum Gasteiger partial charge on any atom is 0.410 e. The van der Waals surface area contributed by atoms with Gasteiger partial charge in [-0.1, -0.05) is 0 Å². The fourth-order valence-corrected chi connectivity index (χ4v) is 3.41. The molecule has 1 fully saturated rings. The Kier molecular flexibility index (Phi) is 5.96. The minimum absolute atomic E-state index is 0.0135. The zero-order valence-corrected chi connectivity index (χ0v) is 17.1. The molecule has 1 aromatic heterocycles. The molecule has 0 N–H and O–H groups in total. The lowest BCUT2D eigenvalue weighted by molar-refractivity contribution is -0.130. The molecule has 0 bridgehead atoms. The highest BCUT2D eigenvalue weighted by atomic mass is 16.6. The minimum Gasteiger partial charge on any atom is -0.486 e. The zero-order chi connectivity index (χ0) is 20.3. The van der Waals surface area contributed by atoms with E-state index in [1.54, 1.807) is 18.0 Å². The van der Waals surface area contributed by atoms with Crippen molar-refractivity contribution in [3.8, 4) is 11.5 Å². The summed E-state index contributed by atoms with van der Waals surface area (Å²) in [6.45, 7) is 9.71. The fourth-order valence-electron chi connectivity index (χ4n) is 3.41. The van der Waals surface area contributed by atoms with Crippen molar-refractivity contribution in [1.29, 1.82) is 0 Å². The van der Waals surface area contributed by atoms with Crippen molar-refractivity contribution in [2.45, 2.75) is 58.7 Å². The van der Waals surface area contributed by atoms with Gasteiger partial charge in [-0.25, -0.2) is 4.79 Å². The van der Waals surface area contributed by atoms with Crippen molar-refractivity contribution in [3.63, 3.8) is 0 Å². The molecule has 0 saturated carbocycles. The van der Waals surface area contributed by atoms with Crippen LogP contribution in [0.4, 0.5) is 4.79 Å². The number of carbonyl (C=O) groups is 2. The summed E-state index contributed by atoms with van der Waals surface area (Å²) in [6.07, 6.45) is 2.69. The average Bonchev–Trinajstić information content (AvgIpc) is 2.64. The maximum atomic E-state index is 12.9. The predicted molar refractivity (Wildman–Crippen MR) is 102 cm³/mol. The molecule has 1 saturated heterocycles. The van der Waals surface area contributed by atoms with Crippen LogP contribution in [0.15, 0.2) is 12.3 Å². The van der Waals surface area contributed by atoms with E-state index in [9.17, 15) is 9.59 Å². The SMILES string of the molecule is CC(=O)N1CCC(N(Cc2cc3c(cn2)OCCO3)C(=O)OC(C)(C)C)CC1. The Morgan fingerprint density at radius 3 is 2.46 bits per heavy atom. The number of carbonyl (C=O) groups excluding carboxylic acids is 2. The summed E-state index contributed by atoms with van der Waals surface area (Å²) < 4.78 is 16.8. The van der Waals surface area contributed by atoms with E-state index in [4.69, 9.17) is 14.2 Å². The van der Waals surface area contributed by atoms with Crippen LogP contribution < -0.4 is 9.47 Å². The second-order valence-electron chi connectivity index (χ2n) is 8.16. The van der Waals surface area contributed by atoms with E-state index in [2.05, 4.69) is 4.98 Å². The Morgan fingerprint density at radius 1 is 1.21 bits per heavy atom. The summed E-state index contributed by atoms with van der Waals surface area (Å²) in [4.78, 5) is 32.5. The Balaban J connectivity index is 1.76. The number of amides is 2. The number of rotatable bonds is 3. The number of hydrogen-bond acceptors (Lipinski definition) is 6. The van der Waals surface area contributed by atoms with Crippen LogP contribution in [0.5, 0.6) is 11.5 Å². The molecule has 0 radical (unpaired) electrons. The normalized spacial score (nSPS) is 17.2. The van der Waals surface area contributed by atoms with Gasteiger partial charge in [-0.15, -0.1) is 0 Å². The molecular formula is C20H29N3O5. The van der Waals surface area contributed by atoms with E-state index in [0.29, 0.717) is 62.9 Å². The van der Waals surface area contributed by atoms with E-state index in [1.807, 2.05) is 31.7 Å². The third-order valence-electron chi connectivity index (χ3n) is 4.80. The largest absolute Gasteiger partial charge is 0.486 e. The monoisotopic (exact) mass is 391 g/mol. The number of piperidine rings is 1. The highest BCUT2D eigenvalue weighted by molar-refractivity contribution is 5.73. The second kappa shape index (κ2) is 8.24. The lowest BCUT2D eigenvalue weighted by Crippen LogP contribution is -2.49. The van der Waals surface area contributed by atoms with Gasteiger partial charge in [0.25, 0.3) is 0 Å². The first-order chi connectivity index (χ1) is 13.2. The Hall–Kier alpha value is -2.51. The van der Waals surface area contributed by atoms with Gasteiger partial charge in [0.15, 0.2) is 11.5 Å². The summed E-state index contributed by atoms with van der Waals surface area (Å²) in [7, 11) is 0. The van der Waals surface area contributed by atoms with Crippen LogP contribution in [-0.4, -0.2) is 64.7 Å². The molecule has 28 heavy (non-hydrogen) atoms. The van der Waals surface area contributed by atoms with Gasteiger partial charge in [0, 0.05) is 32.1 Å². The first kappa shape index (κ1) is 20.2. The smallest absolute Gasteiger partial charge is 0.410 e. The third-order valence-corrected chi connectivity index (χ3v) is 4.80. The second-order valence-corrected chi connectivity index (χ2v) is 8.16. The Bertz CT molecular complexity index is 723. The Morgan fingerprint density at radius 2 is 1.86 bits per heavy atom. The molecule has 1 aromatic rings. The fraction of sp³-hybridized carbons (Fsp3) is 0.650. The van der Waals surface area contributed by atoms with Gasteiger partial charge in [0.1, 0.15) is 18.8 Å². The topological polar surface area (TPSA) is 81.2 Å². The van der Waals surface area contributed by atoms with Crippen LogP contribution in [0.2, 0.25) is 0 Å². The molecule has 0 unspecified atom stereocenters. The highest BCUT2D eigenvalue weighted by Gasteiger charge is 2.32.